The molecule has 0 radical (unpaired) electrons. The Morgan fingerprint density at radius 1 is 1.13 bits per heavy atom. The van der Waals surface area contributed by atoms with E-state index in [9.17, 15) is 9.18 Å². The van der Waals surface area contributed by atoms with Crippen molar-refractivity contribution in [2.45, 2.75) is 11.0 Å². The Balaban J connectivity index is 1.65. The zero-order valence-electron chi connectivity index (χ0n) is 12.0. The van der Waals surface area contributed by atoms with Crippen LogP contribution in [0.2, 0.25) is 0 Å². The van der Waals surface area contributed by atoms with Gasteiger partial charge in [0.05, 0.1) is 6.20 Å². The van der Waals surface area contributed by atoms with E-state index in [4.69, 9.17) is 10.2 Å². The van der Waals surface area contributed by atoms with Gasteiger partial charge < -0.3 is 10.2 Å². The van der Waals surface area contributed by atoms with Gasteiger partial charge in [-0.1, -0.05) is 23.9 Å². The van der Waals surface area contributed by atoms with Crippen molar-refractivity contribution in [2.24, 2.45) is 5.73 Å². The second kappa shape index (κ2) is 6.66. The predicted molar refractivity (Wildman–Crippen MR) is 86.4 cm³/mol. The predicted octanol–water partition coefficient (Wildman–Crippen LogP) is 3.87. The number of hydrogen-bond acceptors (Lipinski definition) is 4. The van der Waals surface area contributed by atoms with Crippen LogP contribution in [0.5, 0.6) is 0 Å². The van der Waals surface area contributed by atoms with Crippen molar-refractivity contribution >= 4 is 17.7 Å². The molecule has 3 rings (SSSR count). The van der Waals surface area contributed by atoms with Gasteiger partial charge in [-0.3, -0.25) is 4.79 Å². The summed E-state index contributed by atoms with van der Waals surface area (Å²) < 4.78 is 18.6. The molecule has 0 atom stereocenters. The number of carbonyl (C=O) groups is 1. The van der Waals surface area contributed by atoms with Crippen LogP contribution in [0.1, 0.15) is 15.9 Å². The minimum atomic E-state index is -0.444. The Bertz CT molecular complexity index is 813. The van der Waals surface area contributed by atoms with Crippen LogP contribution in [0.15, 0.2) is 64.4 Å². The summed E-state index contributed by atoms with van der Waals surface area (Å²) in [4.78, 5) is 15.2. The van der Waals surface area contributed by atoms with E-state index in [-0.39, 0.29) is 5.82 Å². The molecule has 1 amide bonds. The maximum Gasteiger partial charge on any atom is 0.256 e. The van der Waals surface area contributed by atoms with E-state index in [1.807, 2.05) is 12.1 Å². The van der Waals surface area contributed by atoms with E-state index in [1.54, 1.807) is 30.5 Å². The van der Waals surface area contributed by atoms with Crippen LogP contribution in [0.4, 0.5) is 4.39 Å². The van der Waals surface area contributed by atoms with Gasteiger partial charge in [-0.2, -0.15) is 0 Å². The summed E-state index contributed by atoms with van der Waals surface area (Å²) in [5, 5.41) is 0.531. The summed E-state index contributed by atoms with van der Waals surface area (Å²) in [5.74, 6) is 0.516. The number of primary amides is 1. The number of halogens is 1. The van der Waals surface area contributed by atoms with E-state index in [0.29, 0.717) is 22.3 Å². The van der Waals surface area contributed by atoms with E-state index < -0.39 is 5.91 Å². The SMILES string of the molecule is NC(=O)c1ccc(CSc2ncc(-c3ccc(F)cc3)o2)cc1. The van der Waals surface area contributed by atoms with Crippen molar-refractivity contribution in [3.8, 4) is 11.3 Å². The molecule has 0 bridgehead atoms. The molecular formula is C17H13FN2O2S. The first-order valence-electron chi connectivity index (χ1n) is 6.85. The molecule has 1 heterocycles. The number of aromatic nitrogens is 1. The lowest BCUT2D eigenvalue weighted by molar-refractivity contribution is 0.100. The van der Waals surface area contributed by atoms with Crippen LogP contribution in [0, 0.1) is 5.82 Å². The molecule has 6 heteroatoms. The van der Waals surface area contributed by atoms with E-state index >= 15 is 0 Å². The summed E-state index contributed by atoms with van der Waals surface area (Å²) in [7, 11) is 0. The molecule has 2 N–H and O–H groups in total. The molecule has 0 saturated heterocycles. The lowest BCUT2D eigenvalue weighted by atomic mass is 10.1. The normalized spacial score (nSPS) is 10.7. The maximum absolute atomic E-state index is 12.9. The van der Waals surface area contributed by atoms with Crippen LogP contribution < -0.4 is 5.73 Å². The topological polar surface area (TPSA) is 69.1 Å². The Morgan fingerprint density at radius 2 is 1.83 bits per heavy atom. The van der Waals surface area contributed by atoms with Crippen molar-refractivity contribution in [1.82, 2.24) is 4.98 Å². The summed E-state index contributed by atoms with van der Waals surface area (Å²) in [6.45, 7) is 0. The van der Waals surface area contributed by atoms with Gasteiger partial charge in [0.15, 0.2) is 5.76 Å². The van der Waals surface area contributed by atoms with Crippen LogP contribution in [-0.2, 0) is 5.75 Å². The van der Waals surface area contributed by atoms with Gasteiger partial charge in [0.2, 0.25) is 5.91 Å². The largest absolute Gasteiger partial charge is 0.431 e. The summed E-state index contributed by atoms with van der Waals surface area (Å²) in [6, 6.07) is 13.1. The summed E-state index contributed by atoms with van der Waals surface area (Å²) in [5.41, 5.74) is 7.49. The maximum atomic E-state index is 12.9. The second-order valence-electron chi connectivity index (χ2n) is 4.85. The van der Waals surface area contributed by atoms with Crippen molar-refractivity contribution in [1.29, 1.82) is 0 Å². The lowest BCUT2D eigenvalue weighted by Crippen LogP contribution is -2.10. The first-order chi connectivity index (χ1) is 11.1. The highest BCUT2D eigenvalue weighted by Gasteiger charge is 2.08. The molecule has 23 heavy (non-hydrogen) atoms. The van der Waals surface area contributed by atoms with Gasteiger partial charge in [-0.05, 0) is 42.0 Å². The smallest absolute Gasteiger partial charge is 0.256 e. The molecule has 1 aromatic heterocycles. The molecule has 2 aromatic carbocycles. The molecule has 0 spiro atoms. The van der Waals surface area contributed by atoms with Gasteiger partial charge in [0, 0.05) is 16.9 Å². The van der Waals surface area contributed by atoms with Crippen molar-refractivity contribution in [3.05, 3.63) is 71.7 Å². The standard InChI is InChI=1S/C17H13FN2O2S/c18-14-7-5-12(6-8-14)15-9-20-17(22-15)23-10-11-1-3-13(4-2-11)16(19)21/h1-9H,10H2,(H2,19,21). The Hall–Kier alpha value is -2.60. The lowest BCUT2D eigenvalue weighted by Gasteiger charge is -2.00. The number of benzene rings is 2. The average molecular weight is 328 g/mol. The molecule has 116 valence electrons. The van der Waals surface area contributed by atoms with Gasteiger partial charge in [0.25, 0.3) is 5.22 Å². The molecule has 0 fully saturated rings. The zero-order chi connectivity index (χ0) is 16.2. The number of rotatable bonds is 5. The van der Waals surface area contributed by atoms with Gasteiger partial charge >= 0.3 is 0 Å². The van der Waals surface area contributed by atoms with Crippen LogP contribution in [0.25, 0.3) is 11.3 Å². The first kappa shape index (κ1) is 15.3. The molecule has 0 saturated carbocycles. The van der Waals surface area contributed by atoms with E-state index in [2.05, 4.69) is 4.98 Å². The molecule has 4 nitrogen and oxygen atoms in total. The second-order valence-corrected chi connectivity index (χ2v) is 5.77. The Morgan fingerprint density at radius 3 is 2.48 bits per heavy atom. The summed E-state index contributed by atoms with van der Waals surface area (Å²) in [6.07, 6.45) is 1.62. The quantitative estimate of drug-likeness (QED) is 0.722. The minimum absolute atomic E-state index is 0.290. The minimum Gasteiger partial charge on any atom is -0.431 e. The number of nitrogens with zero attached hydrogens (tertiary/aromatic N) is 1. The van der Waals surface area contributed by atoms with Crippen molar-refractivity contribution < 1.29 is 13.6 Å². The van der Waals surface area contributed by atoms with Crippen LogP contribution >= 0.6 is 11.8 Å². The van der Waals surface area contributed by atoms with Gasteiger partial charge in [0.1, 0.15) is 5.82 Å². The number of carbonyl (C=O) groups excluding carboxylic acids is 1. The number of nitrogens with two attached hydrogens (primary N) is 1. The van der Waals surface area contributed by atoms with Crippen molar-refractivity contribution in [3.63, 3.8) is 0 Å². The van der Waals surface area contributed by atoms with Crippen molar-refractivity contribution in [2.75, 3.05) is 0 Å². The summed E-state index contributed by atoms with van der Waals surface area (Å²) >= 11 is 1.44. The van der Waals surface area contributed by atoms with Gasteiger partial charge in [-0.15, -0.1) is 0 Å². The number of amides is 1. The van der Waals surface area contributed by atoms with Crippen LogP contribution in [0.3, 0.4) is 0 Å². The monoisotopic (exact) mass is 328 g/mol. The fourth-order valence-electron chi connectivity index (χ4n) is 1.98. The average Bonchev–Trinajstić information content (AvgIpc) is 3.03. The molecule has 0 aliphatic heterocycles. The highest BCUT2D eigenvalue weighted by Crippen LogP contribution is 2.27. The number of hydrogen-bond donors (Lipinski definition) is 1. The molecule has 0 aliphatic carbocycles. The fourth-order valence-corrected chi connectivity index (χ4v) is 2.74. The third-order valence-electron chi connectivity index (χ3n) is 3.21. The zero-order valence-corrected chi connectivity index (χ0v) is 12.8. The highest BCUT2D eigenvalue weighted by atomic mass is 32.2. The number of oxazole rings is 1. The Kier molecular flexibility index (Phi) is 4.43. The number of thioether (sulfide) groups is 1. The Labute approximate surface area is 136 Å². The molecular weight excluding hydrogens is 315 g/mol. The fraction of sp³-hybridized carbons (Fsp3) is 0.0588. The third-order valence-corrected chi connectivity index (χ3v) is 4.13. The first-order valence-corrected chi connectivity index (χ1v) is 7.84. The molecule has 3 aromatic rings. The molecule has 0 aliphatic rings. The van der Waals surface area contributed by atoms with Gasteiger partial charge in [-0.25, -0.2) is 9.37 Å². The van der Waals surface area contributed by atoms with Crippen LogP contribution in [-0.4, -0.2) is 10.9 Å². The third kappa shape index (κ3) is 3.78. The highest BCUT2D eigenvalue weighted by molar-refractivity contribution is 7.98. The van der Waals surface area contributed by atoms with E-state index in [0.717, 1.165) is 11.1 Å². The molecule has 0 unspecified atom stereocenters. The van der Waals surface area contributed by atoms with E-state index in [1.165, 1.54) is 23.9 Å².